The first-order valence-corrected chi connectivity index (χ1v) is 17.8. The number of rotatable bonds is 32. The van der Waals surface area contributed by atoms with E-state index in [9.17, 15) is 5.11 Å². The molecule has 0 rings (SSSR count). The fraction of sp³-hybridized carbons (Fsp3) is 1.00. The number of hydrogen-bond donors (Lipinski definition) is 2. The first-order chi connectivity index (χ1) is 19.0. The molecule has 0 aliphatic carbocycles. The molecule has 0 aliphatic rings. The highest BCUT2D eigenvalue weighted by Crippen LogP contribution is 2.16. The lowest BCUT2D eigenvalue weighted by molar-refractivity contribution is -0.864. The largest absolute Gasteiger partial charge is 1.00 e. The van der Waals surface area contributed by atoms with Crippen molar-refractivity contribution in [3.8, 4) is 0 Å². The number of aliphatic hydroxyl groups excluding tert-OH is 1. The van der Waals surface area contributed by atoms with Crippen LogP contribution in [0.2, 0.25) is 0 Å². The van der Waals surface area contributed by atoms with E-state index in [2.05, 4.69) is 34.6 Å². The Balaban J connectivity index is 0. The van der Waals surface area contributed by atoms with Crippen LogP contribution >= 0.6 is 0 Å². The Labute approximate surface area is 262 Å². The summed E-state index contributed by atoms with van der Waals surface area (Å²) in [5, 5.41) is 12.5. The van der Waals surface area contributed by atoms with Gasteiger partial charge in [-0.15, -0.1) is 0 Å². The van der Waals surface area contributed by atoms with Crippen molar-refractivity contribution in [2.75, 3.05) is 13.2 Å². The number of unbranched alkanes of at least 4 members (excludes halogenated alkanes) is 22. The Hall–Kier alpha value is 0.320. The fourth-order valence-electron chi connectivity index (χ4n) is 5.29. The van der Waals surface area contributed by atoms with E-state index in [1.807, 2.05) is 5.32 Å². The van der Waals surface area contributed by atoms with Crippen molar-refractivity contribution >= 4 is 0 Å². The number of halogens is 1. The van der Waals surface area contributed by atoms with Crippen molar-refractivity contribution < 1.29 is 36.9 Å². The zero-order chi connectivity index (χ0) is 28.9. The molecule has 0 amide bonds. The monoisotopic (exact) mass is 635 g/mol. The molecule has 3 N–H and O–H groups in total. The van der Waals surface area contributed by atoms with Crippen LogP contribution in [-0.2, 0) is 9.47 Å². The van der Waals surface area contributed by atoms with Gasteiger partial charge in [-0.3, -0.25) is 5.32 Å². The molecule has 244 valence electrons. The molecule has 0 aromatic rings. The fourth-order valence-corrected chi connectivity index (χ4v) is 5.29. The molecular formula is C35H74BrNO3. The van der Waals surface area contributed by atoms with Gasteiger partial charge >= 0.3 is 5.91 Å². The molecule has 1 atom stereocenters. The van der Waals surface area contributed by atoms with Crippen molar-refractivity contribution in [3.63, 3.8) is 0 Å². The number of aliphatic hydroxyl groups is 1. The molecule has 0 aromatic heterocycles. The molecule has 4 nitrogen and oxygen atoms in total. The van der Waals surface area contributed by atoms with Crippen molar-refractivity contribution in [3.05, 3.63) is 0 Å². The topological polar surface area (TPSA) is 55.3 Å². The van der Waals surface area contributed by atoms with Crippen molar-refractivity contribution in [1.29, 1.82) is 0 Å². The van der Waals surface area contributed by atoms with Gasteiger partial charge in [0.05, 0.1) is 19.6 Å². The summed E-state index contributed by atoms with van der Waals surface area (Å²) in [7, 11) is 0. The first-order valence-electron chi connectivity index (χ1n) is 17.8. The zero-order valence-electron chi connectivity index (χ0n) is 28.0. The van der Waals surface area contributed by atoms with Crippen LogP contribution in [0.5, 0.6) is 0 Å². The summed E-state index contributed by atoms with van der Waals surface area (Å²) in [5.41, 5.74) is 0. The Kier molecular flexibility index (Phi) is 34.2. The SMILES string of the molecule is CCCCCCCCCCCCCCOC(CC)([NH2+]C(O)C(C)C)OCCCCCCCCCCCCCC.[Br-]. The van der Waals surface area contributed by atoms with Crippen LogP contribution in [-0.4, -0.2) is 30.5 Å². The second-order valence-electron chi connectivity index (χ2n) is 12.5. The molecule has 0 spiro atoms. The van der Waals surface area contributed by atoms with Crippen LogP contribution in [0, 0.1) is 5.92 Å². The van der Waals surface area contributed by atoms with Crippen LogP contribution < -0.4 is 22.3 Å². The quantitative estimate of drug-likeness (QED) is 0.0616. The summed E-state index contributed by atoms with van der Waals surface area (Å²) in [6, 6.07) is 0. The molecule has 5 heteroatoms. The number of nitrogens with two attached hydrogens (primary N) is 1. The Bertz CT molecular complexity index is 448. The number of ether oxygens (including phenoxy) is 2. The van der Waals surface area contributed by atoms with E-state index < -0.39 is 12.1 Å². The van der Waals surface area contributed by atoms with Crippen LogP contribution in [0.25, 0.3) is 0 Å². The highest BCUT2D eigenvalue weighted by atomic mass is 79.9. The highest BCUT2D eigenvalue weighted by Gasteiger charge is 2.37. The molecule has 0 fully saturated rings. The standard InChI is InChI=1S/C35H73NO3.BrH/c1-6-9-11-13-15-17-19-21-23-25-27-29-31-38-35(8-3,36-34(37)33(4)5)39-32-30-28-26-24-22-20-18-16-14-12-10-7-2;/h33-34,36-37H,6-32H2,1-5H3;1H. The van der Waals surface area contributed by atoms with E-state index in [-0.39, 0.29) is 22.9 Å². The summed E-state index contributed by atoms with van der Waals surface area (Å²) in [4.78, 5) is 0. The van der Waals surface area contributed by atoms with Gasteiger partial charge < -0.3 is 31.6 Å². The first kappa shape index (κ1) is 42.5. The maximum atomic E-state index is 10.6. The molecule has 40 heavy (non-hydrogen) atoms. The third-order valence-corrected chi connectivity index (χ3v) is 8.29. The maximum absolute atomic E-state index is 10.6. The molecule has 0 bridgehead atoms. The summed E-state index contributed by atoms with van der Waals surface area (Å²) >= 11 is 0. The highest BCUT2D eigenvalue weighted by molar-refractivity contribution is 4.56. The van der Waals surface area contributed by atoms with E-state index in [0.29, 0.717) is 13.2 Å². The second kappa shape index (κ2) is 32.2. The van der Waals surface area contributed by atoms with Crippen LogP contribution in [0.1, 0.15) is 195 Å². The van der Waals surface area contributed by atoms with E-state index in [4.69, 9.17) is 9.47 Å². The minimum Gasteiger partial charge on any atom is -1.00 e. The van der Waals surface area contributed by atoms with E-state index >= 15 is 0 Å². The molecule has 0 saturated heterocycles. The molecule has 1 unspecified atom stereocenters. The van der Waals surface area contributed by atoms with Crippen LogP contribution in [0.3, 0.4) is 0 Å². The average molecular weight is 637 g/mol. The van der Waals surface area contributed by atoms with Gasteiger partial charge in [0.15, 0.2) is 6.23 Å². The van der Waals surface area contributed by atoms with Crippen LogP contribution in [0.4, 0.5) is 0 Å². The minimum absolute atomic E-state index is 0. The molecule has 0 radical (unpaired) electrons. The van der Waals surface area contributed by atoms with Crippen molar-refractivity contribution in [2.45, 2.75) is 207 Å². The normalized spacial score (nSPS) is 12.7. The Morgan fingerprint density at radius 2 is 0.775 bits per heavy atom. The maximum Gasteiger partial charge on any atom is 0.317 e. The smallest absolute Gasteiger partial charge is 0.317 e. The third kappa shape index (κ3) is 27.2. The molecule has 0 saturated carbocycles. The van der Waals surface area contributed by atoms with E-state index in [1.165, 1.54) is 141 Å². The van der Waals surface area contributed by atoms with Gasteiger partial charge in [-0.25, -0.2) is 0 Å². The molecule has 0 aliphatic heterocycles. The van der Waals surface area contributed by atoms with Gasteiger partial charge in [-0.1, -0.05) is 176 Å². The lowest BCUT2D eigenvalue weighted by Gasteiger charge is -2.32. The van der Waals surface area contributed by atoms with Gasteiger partial charge in [0, 0.05) is 5.92 Å². The van der Waals surface area contributed by atoms with Gasteiger partial charge in [-0.05, 0) is 12.8 Å². The predicted molar refractivity (Wildman–Crippen MR) is 170 cm³/mol. The minimum atomic E-state index is -0.751. The summed E-state index contributed by atoms with van der Waals surface area (Å²) < 4.78 is 12.7. The number of hydrogen-bond acceptors (Lipinski definition) is 3. The molecule has 0 aromatic carbocycles. The van der Waals surface area contributed by atoms with E-state index in [1.54, 1.807) is 0 Å². The zero-order valence-corrected chi connectivity index (χ0v) is 29.6. The third-order valence-electron chi connectivity index (χ3n) is 8.29. The van der Waals surface area contributed by atoms with Crippen molar-refractivity contribution in [1.82, 2.24) is 0 Å². The second-order valence-corrected chi connectivity index (χ2v) is 12.5. The van der Waals surface area contributed by atoms with Gasteiger partial charge in [0.2, 0.25) is 0 Å². The number of quaternary nitrogens is 1. The Morgan fingerprint density at radius 1 is 0.500 bits per heavy atom. The van der Waals surface area contributed by atoms with Gasteiger partial charge in [0.25, 0.3) is 0 Å². The van der Waals surface area contributed by atoms with Crippen molar-refractivity contribution in [2.24, 2.45) is 5.92 Å². The lowest BCUT2D eigenvalue weighted by atomic mass is 10.1. The Morgan fingerprint density at radius 3 is 1.02 bits per heavy atom. The summed E-state index contributed by atoms with van der Waals surface area (Å²) in [6.45, 7) is 12.2. The van der Waals surface area contributed by atoms with E-state index in [0.717, 1.165) is 19.3 Å². The summed E-state index contributed by atoms with van der Waals surface area (Å²) in [5.74, 6) is -0.583. The average Bonchev–Trinajstić information content (AvgIpc) is 2.93. The predicted octanol–water partition coefficient (Wildman–Crippen LogP) is 7.03. The molecule has 0 heterocycles. The molecular weight excluding hydrogens is 562 g/mol. The lowest BCUT2D eigenvalue weighted by Crippen LogP contribution is -3.03. The van der Waals surface area contributed by atoms with Crippen LogP contribution in [0.15, 0.2) is 0 Å². The van der Waals surface area contributed by atoms with Gasteiger partial charge in [0.1, 0.15) is 0 Å². The van der Waals surface area contributed by atoms with Gasteiger partial charge in [-0.2, -0.15) is 0 Å². The summed E-state index contributed by atoms with van der Waals surface area (Å²) in [6.07, 6.45) is 32.5.